The monoisotopic (exact) mass is 110 g/mol. The zero-order chi connectivity index (χ0) is 6.15. The fourth-order valence-corrected chi connectivity index (χ4v) is 1.36. The van der Waals surface area contributed by atoms with Gasteiger partial charge in [-0.3, -0.25) is 0 Å². The van der Waals surface area contributed by atoms with Crippen molar-refractivity contribution in [2.75, 3.05) is 0 Å². The molecule has 1 aliphatic rings. The normalized spacial score (nSPS) is 38.5. The Kier molecular flexibility index (Phi) is 1.41. The molecule has 0 radical (unpaired) electrons. The van der Waals surface area contributed by atoms with E-state index in [1.54, 1.807) is 0 Å². The summed E-state index contributed by atoms with van der Waals surface area (Å²) in [5, 5.41) is 0. The van der Waals surface area contributed by atoms with E-state index in [-0.39, 0.29) is 0 Å². The van der Waals surface area contributed by atoms with Crippen molar-refractivity contribution in [3.05, 3.63) is 12.2 Å². The van der Waals surface area contributed by atoms with Crippen LogP contribution in [0.1, 0.15) is 26.7 Å². The fraction of sp³-hybridized carbons (Fsp3) is 0.750. The molecule has 0 aromatic heterocycles. The second-order valence-electron chi connectivity index (χ2n) is 2.95. The molecule has 0 bridgehead atoms. The van der Waals surface area contributed by atoms with Gasteiger partial charge in [0, 0.05) is 0 Å². The highest BCUT2D eigenvalue weighted by molar-refractivity contribution is 5.08. The van der Waals surface area contributed by atoms with Gasteiger partial charge < -0.3 is 0 Å². The Bertz CT molecular complexity index is 90.6. The number of rotatable bonds is 0. The first-order valence-corrected chi connectivity index (χ1v) is 3.40. The van der Waals surface area contributed by atoms with Gasteiger partial charge in [0.1, 0.15) is 0 Å². The molecular formula is C8H14. The van der Waals surface area contributed by atoms with Gasteiger partial charge in [0.15, 0.2) is 0 Å². The highest BCUT2D eigenvalue weighted by atomic mass is 14.3. The minimum atomic E-state index is 0.796. The second kappa shape index (κ2) is 1.93. The van der Waals surface area contributed by atoms with Crippen molar-refractivity contribution in [1.29, 1.82) is 0 Å². The molecule has 0 aliphatic heterocycles. The third-order valence-corrected chi connectivity index (χ3v) is 2.30. The van der Waals surface area contributed by atoms with E-state index < -0.39 is 0 Å². The van der Waals surface area contributed by atoms with Gasteiger partial charge in [-0.05, 0) is 24.7 Å². The maximum atomic E-state index is 4.02. The van der Waals surface area contributed by atoms with E-state index in [4.69, 9.17) is 0 Å². The topological polar surface area (TPSA) is 0 Å². The lowest BCUT2D eigenvalue weighted by atomic mass is 10.0. The van der Waals surface area contributed by atoms with E-state index in [0.717, 1.165) is 11.8 Å². The van der Waals surface area contributed by atoms with E-state index in [0.29, 0.717) is 0 Å². The van der Waals surface area contributed by atoms with Gasteiger partial charge in [-0.15, -0.1) is 0 Å². The van der Waals surface area contributed by atoms with Crippen LogP contribution >= 0.6 is 0 Å². The third kappa shape index (κ3) is 0.795. The molecule has 0 saturated heterocycles. The minimum Gasteiger partial charge on any atom is -0.0993 e. The van der Waals surface area contributed by atoms with Crippen molar-refractivity contribution in [3.63, 3.8) is 0 Å². The molecule has 0 heteroatoms. The van der Waals surface area contributed by atoms with Crippen LogP contribution in [0.4, 0.5) is 0 Å². The van der Waals surface area contributed by atoms with Crippen LogP contribution in [0.25, 0.3) is 0 Å². The van der Waals surface area contributed by atoms with Crippen LogP contribution in [0.3, 0.4) is 0 Å². The van der Waals surface area contributed by atoms with Gasteiger partial charge in [0.05, 0.1) is 0 Å². The smallest absolute Gasteiger partial charge is 0.0231 e. The highest BCUT2D eigenvalue weighted by Gasteiger charge is 2.20. The molecule has 2 atom stereocenters. The van der Waals surface area contributed by atoms with Gasteiger partial charge in [0.25, 0.3) is 0 Å². The Morgan fingerprint density at radius 1 is 1.25 bits per heavy atom. The molecule has 0 amide bonds. The lowest BCUT2D eigenvalue weighted by Crippen LogP contribution is -1.91. The molecule has 1 aliphatic carbocycles. The molecule has 0 N–H and O–H groups in total. The van der Waals surface area contributed by atoms with Crippen LogP contribution in [0, 0.1) is 11.8 Å². The van der Waals surface area contributed by atoms with Crippen LogP contribution in [0.2, 0.25) is 0 Å². The summed E-state index contributed by atoms with van der Waals surface area (Å²) in [6.07, 6.45) is 2.72. The zero-order valence-electron chi connectivity index (χ0n) is 5.78. The lowest BCUT2D eigenvalue weighted by molar-refractivity contribution is 0.677. The summed E-state index contributed by atoms with van der Waals surface area (Å²) in [4.78, 5) is 0. The van der Waals surface area contributed by atoms with E-state index >= 15 is 0 Å². The van der Waals surface area contributed by atoms with Crippen molar-refractivity contribution in [1.82, 2.24) is 0 Å². The molecule has 0 aromatic carbocycles. The van der Waals surface area contributed by atoms with Gasteiger partial charge in [-0.1, -0.05) is 26.0 Å². The number of hydrogen-bond donors (Lipinski definition) is 0. The van der Waals surface area contributed by atoms with Gasteiger partial charge >= 0.3 is 0 Å². The standard InChI is InChI=1S/C8H14/c1-6-4-5-7(2)8(6)3/h6-7H,3-5H2,1-2H3. The van der Waals surface area contributed by atoms with Crippen LogP contribution < -0.4 is 0 Å². The first-order chi connectivity index (χ1) is 3.72. The Morgan fingerprint density at radius 2 is 1.62 bits per heavy atom. The van der Waals surface area contributed by atoms with Crippen molar-refractivity contribution < 1.29 is 0 Å². The molecule has 1 fully saturated rings. The molecule has 0 spiro atoms. The molecule has 0 aromatic rings. The zero-order valence-corrected chi connectivity index (χ0v) is 5.78. The molecule has 8 heavy (non-hydrogen) atoms. The Balaban J connectivity index is 2.57. The average Bonchev–Trinajstić information content (AvgIpc) is 1.98. The average molecular weight is 110 g/mol. The van der Waals surface area contributed by atoms with Gasteiger partial charge in [0.2, 0.25) is 0 Å². The van der Waals surface area contributed by atoms with E-state index in [2.05, 4.69) is 20.4 Å². The summed E-state index contributed by atoms with van der Waals surface area (Å²) in [5.41, 5.74) is 1.46. The summed E-state index contributed by atoms with van der Waals surface area (Å²) >= 11 is 0. The SMILES string of the molecule is C=C1C(C)CCC1C. The molecule has 0 heterocycles. The first kappa shape index (κ1) is 5.87. The third-order valence-electron chi connectivity index (χ3n) is 2.30. The second-order valence-corrected chi connectivity index (χ2v) is 2.95. The minimum absolute atomic E-state index is 0.796. The van der Waals surface area contributed by atoms with E-state index in [1.165, 1.54) is 18.4 Å². The van der Waals surface area contributed by atoms with Crippen LogP contribution in [0.15, 0.2) is 12.2 Å². The summed E-state index contributed by atoms with van der Waals surface area (Å²) in [7, 11) is 0. The summed E-state index contributed by atoms with van der Waals surface area (Å²) in [6.45, 7) is 8.56. The Morgan fingerprint density at radius 3 is 1.75 bits per heavy atom. The molecular weight excluding hydrogens is 96.1 g/mol. The van der Waals surface area contributed by atoms with Crippen molar-refractivity contribution in [2.45, 2.75) is 26.7 Å². The maximum absolute atomic E-state index is 4.02. The number of allylic oxidation sites excluding steroid dienone is 1. The number of hydrogen-bond acceptors (Lipinski definition) is 0. The Hall–Kier alpha value is -0.260. The lowest BCUT2D eigenvalue weighted by Gasteiger charge is -2.03. The van der Waals surface area contributed by atoms with E-state index in [9.17, 15) is 0 Å². The maximum Gasteiger partial charge on any atom is -0.0231 e. The molecule has 1 saturated carbocycles. The van der Waals surface area contributed by atoms with E-state index in [1.807, 2.05) is 0 Å². The summed E-state index contributed by atoms with van der Waals surface area (Å²) in [5.74, 6) is 1.59. The summed E-state index contributed by atoms with van der Waals surface area (Å²) in [6, 6.07) is 0. The molecule has 2 unspecified atom stereocenters. The molecule has 0 nitrogen and oxygen atoms in total. The van der Waals surface area contributed by atoms with Gasteiger partial charge in [-0.25, -0.2) is 0 Å². The predicted molar refractivity (Wildman–Crippen MR) is 36.7 cm³/mol. The largest absolute Gasteiger partial charge is 0.0993 e. The van der Waals surface area contributed by atoms with Gasteiger partial charge in [-0.2, -0.15) is 0 Å². The summed E-state index contributed by atoms with van der Waals surface area (Å²) < 4.78 is 0. The van der Waals surface area contributed by atoms with Crippen LogP contribution in [0.5, 0.6) is 0 Å². The quantitative estimate of drug-likeness (QED) is 0.420. The Labute approximate surface area is 51.6 Å². The highest BCUT2D eigenvalue weighted by Crippen LogP contribution is 2.33. The first-order valence-electron chi connectivity index (χ1n) is 3.40. The van der Waals surface area contributed by atoms with Crippen LogP contribution in [-0.4, -0.2) is 0 Å². The van der Waals surface area contributed by atoms with Crippen LogP contribution in [-0.2, 0) is 0 Å². The fourth-order valence-electron chi connectivity index (χ4n) is 1.36. The van der Waals surface area contributed by atoms with Crippen molar-refractivity contribution >= 4 is 0 Å². The predicted octanol–water partition coefficient (Wildman–Crippen LogP) is 2.61. The van der Waals surface area contributed by atoms with Crippen molar-refractivity contribution in [2.24, 2.45) is 11.8 Å². The molecule has 46 valence electrons. The van der Waals surface area contributed by atoms with Crippen molar-refractivity contribution in [3.8, 4) is 0 Å². The molecule has 1 rings (SSSR count).